The fraction of sp³-hybridized carbons (Fsp3) is 0.429. The molecule has 7 heteroatoms. The molecule has 0 unspecified atom stereocenters. The molecule has 0 heterocycles. The molecular formula is C21H23N3O4. The van der Waals surface area contributed by atoms with Crippen molar-refractivity contribution >= 4 is 18.0 Å². The summed E-state index contributed by atoms with van der Waals surface area (Å²) >= 11 is 0. The van der Waals surface area contributed by atoms with Crippen molar-refractivity contribution in [3.05, 3.63) is 35.4 Å². The van der Waals surface area contributed by atoms with Crippen LogP contribution in [0.3, 0.4) is 0 Å². The minimum absolute atomic E-state index is 0.225. The van der Waals surface area contributed by atoms with Crippen LogP contribution in [-0.2, 0) is 14.3 Å². The Kier molecular flexibility index (Phi) is 7.17. The largest absolute Gasteiger partial charge is 0.497 e. The van der Waals surface area contributed by atoms with Crippen molar-refractivity contribution in [1.29, 1.82) is 10.5 Å². The van der Waals surface area contributed by atoms with Crippen molar-refractivity contribution < 1.29 is 19.1 Å². The summed E-state index contributed by atoms with van der Waals surface area (Å²) in [5.41, 5.74) is -0.512. The average molecular weight is 381 g/mol. The van der Waals surface area contributed by atoms with Crippen LogP contribution in [0.25, 0.3) is 6.08 Å². The third-order valence-corrected chi connectivity index (χ3v) is 4.70. The highest BCUT2D eigenvalue weighted by Crippen LogP contribution is 2.27. The molecule has 0 aliphatic heterocycles. The van der Waals surface area contributed by atoms with Gasteiger partial charge in [-0.3, -0.25) is 4.79 Å². The molecule has 0 radical (unpaired) electrons. The first-order chi connectivity index (χ1) is 13.4. The number of benzene rings is 1. The van der Waals surface area contributed by atoms with Crippen LogP contribution in [0.2, 0.25) is 0 Å². The molecule has 1 aromatic carbocycles. The number of ether oxygens (including phenoxy) is 2. The summed E-state index contributed by atoms with van der Waals surface area (Å²) in [5, 5.41) is 21.4. The second-order valence-electron chi connectivity index (χ2n) is 6.73. The third kappa shape index (κ3) is 5.34. The molecule has 0 saturated heterocycles. The highest BCUT2D eigenvalue weighted by atomic mass is 16.5. The van der Waals surface area contributed by atoms with E-state index >= 15 is 0 Å². The predicted octanol–water partition coefficient (Wildman–Crippen LogP) is 2.88. The van der Waals surface area contributed by atoms with E-state index in [2.05, 4.69) is 11.4 Å². The van der Waals surface area contributed by atoms with Gasteiger partial charge in [0.2, 0.25) is 0 Å². The fourth-order valence-electron chi connectivity index (χ4n) is 3.04. The predicted molar refractivity (Wildman–Crippen MR) is 102 cm³/mol. The molecule has 1 N–H and O–H groups in total. The molecule has 0 bridgehead atoms. The Bertz CT molecular complexity index is 825. The number of hydrogen-bond acceptors (Lipinski definition) is 6. The highest BCUT2D eigenvalue weighted by molar-refractivity contribution is 5.99. The quantitative estimate of drug-likeness (QED) is 0.461. The molecule has 0 spiro atoms. The maximum absolute atomic E-state index is 12.4. The molecule has 7 nitrogen and oxygen atoms in total. The number of nitrogens with zero attached hydrogens (tertiary/aromatic N) is 2. The fourth-order valence-corrected chi connectivity index (χ4v) is 3.04. The lowest BCUT2D eigenvalue weighted by molar-refractivity contribution is -0.151. The Hall–Kier alpha value is -3.32. The summed E-state index contributed by atoms with van der Waals surface area (Å²) in [6, 6.07) is 10.8. The van der Waals surface area contributed by atoms with E-state index in [-0.39, 0.29) is 5.57 Å². The van der Waals surface area contributed by atoms with Crippen molar-refractivity contribution in [2.24, 2.45) is 0 Å². The Morgan fingerprint density at radius 3 is 2.36 bits per heavy atom. The third-order valence-electron chi connectivity index (χ3n) is 4.70. The number of carbonyl (C=O) groups is 2. The summed E-state index contributed by atoms with van der Waals surface area (Å²) in [5.74, 6) is -0.785. The van der Waals surface area contributed by atoms with Gasteiger partial charge in [-0.1, -0.05) is 31.4 Å². The molecule has 28 heavy (non-hydrogen) atoms. The number of methoxy groups -OCH3 is 1. The number of amides is 1. The van der Waals surface area contributed by atoms with Crippen molar-refractivity contribution in [2.45, 2.75) is 50.7 Å². The van der Waals surface area contributed by atoms with Crippen LogP contribution in [0.5, 0.6) is 5.75 Å². The monoisotopic (exact) mass is 381 g/mol. The lowest BCUT2D eigenvalue weighted by Gasteiger charge is -2.32. The van der Waals surface area contributed by atoms with E-state index in [0.717, 1.165) is 19.3 Å². The second kappa shape index (κ2) is 9.57. The zero-order valence-corrected chi connectivity index (χ0v) is 16.0. The Labute approximate surface area is 164 Å². The number of nitriles is 2. The maximum Gasteiger partial charge on any atom is 0.349 e. The number of hydrogen-bond donors (Lipinski definition) is 1. The molecule has 1 atom stereocenters. The minimum atomic E-state index is -1.12. The summed E-state index contributed by atoms with van der Waals surface area (Å²) in [7, 11) is 1.54. The molecule has 1 aliphatic carbocycles. The lowest BCUT2D eigenvalue weighted by Crippen LogP contribution is -2.52. The molecule has 1 aromatic rings. The van der Waals surface area contributed by atoms with Crippen molar-refractivity contribution in [3.8, 4) is 17.9 Å². The van der Waals surface area contributed by atoms with Gasteiger partial charge < -0.3 is 14.8 Å². The van der Waals surface area contributed by atoms with Crippen LogP contribution < -0.4 is 10.1 Å². The van der Waals surface area contributed by atoms with Crippen LogP contribution in [-0.4, -0.2) is 30.6 Å². The van der Waals surface area contributed by atoms with E-state index < -0.39 is 23.5 Å². The lowest BCUT2D eigenvalue weighted by atomic mass is 9.83. The number of esters is 1. The van der Waals surface area contributed by atoms with Gasteiger partial charge in [-0.25, -0.2) is 4.79 Å². The summed E-state index contributed by atoms with van der Waals surface area (Å²) in [6.45, 7) is 1.42. The van der Waals surface area contributed by atoms with Crippen LogP contribution in [0.4, 0.5) is 0 Å². The zero-order chi connectivity index (χ0) is 20.6. The van der Waals surface area contributed by atoms with Crippen LogP contribution in [0.15, 0.2) is 29.8 Å². The molecular weight excluding hydrogens is 358 g/mol. The zero-order valence-electron chi connectivity index (χ0n) is 16.0. The highest BCUT2D eigenvalue weighted by Gasteiger charge is 2.35. The number of rotatable bonds is 6. The standard InChI is InChI=1S/C21H23N3O4/c1-15(19(25)24-21(14-23)10-4-3-5-11-21)28-20(26)17(13-22)12-16-6-8-18(27-2)9-7-16/h6-9,12,15H,3-5,10-11H2,1-2H3,(H,24,25)/b17-12+/t15-/m0/s1. The Morgan fingerprint density at radius 1 is 1.18 bits per heavy atom. The van der Waals surface area contributed by atoms with Crippen LogP contribution >= 0.6 is 0 Å². The average Bonchev–Trinajstić information content (AvgIpc) is 2.72. The van der Waals surface area contributed by atoms with E-state index in [1.54, 1.807) is 37.4 Å². The first-order valence-electron chi connectivity index (χ1n) is 9.13. The van der Waals surface area contributed by atoms with E-state index in [1.165, 1.54) is 13.0 Å². The van der Waals surface area contributed by atoms with Gasteiger partial charge in [0.05, 0.1) is 13.2 Å². The molecule has 1 aliphatic rings. The molecule has 1 fully saturated rings. The van der Waals surface area contributed by atoms with Gasteiger partial charge >= 0.3 is 5.97 Å². The van der Waals surface area contributed by atoms with Crippen molar-refractivity contribution in [2.75, 3.05) is 7.11 Å². The first kappa shape index (κ1) is 21.0. The summed E-state index contributed by atoms with van der Waals surface area (Å²) in [6.07, 6.45) is 4.19. The van der Waals surface area contributed by atoms with Gasteiger partial charge in [-0.2, -0.15) is 10.5 Å². The number of carbonyl (C=O) groups excluding carboxylic acids is 2. The maximum atomic E-state index is 12.4. The minimum Gasteiger partial charge on any atom is -0.497 e. The second-order valence-corrected chi connectivity index (χ2v) is 6.73. The summed E-state index contributed by atoms with van der Waals surface area (Å²) in [4.78, 5) is 24.7. The van der Waals surface area contributed by atoms with E-state index in [4.69, 9.17) is 9.47 Å². The Balaban J connectivity index is 2.02. The van der Waals surface area contributed by atoms with Gasteiger partial charge in [0, 0.05) is 0 Å². The molecule has 2 rings (SSSR count). The van der Waals surface area contributed by atoms with Gasteiger partial charge in [0.15, 0.2) is 6.10 Å². The first-order valence-corrected chi connectivity index (χ1v) is 9.13. The molecule has 1 amide bonds. The van der Waals surface area contributed by atoms with Gasteiger partial charge in [0.25, 0.3) is 5.91 Å². The number of nitrogens with one attached hydrogen (secondary N) is 1. The SMILES string of the molecule is COc1ccc(/C=C(\C#N)C(=O)O[C@@H](C)C(=O)NC2(C#N)CCCCC2)cc1. The summed E-state index contributed by atoms with van der Waals surface area (Å²) < 4.78 is 10.2. The van der Waals surface area contributed by atoms with Crippen LogP contribution in [0.1, 0.15) is 44.6 Å². The Morgan fingerprint density at radius 2 is 1.82 bits per heavy atom. The van der Waals surface area contributed by atoms with Crippen molar-refractivity contribution in [1.82, 2.24) is 5.32 Å². The topological polar surface area (TPSA) is 112 Å². The van der Waals surface area contributed by atoms with E-state index in [1.807, 2.05) is 0 Å². The smallest absolute Gasteiger partial charge is 0.349 e. The van der Waals surface area contributed by atoms with E-state index in [0.29, 0.717) is 24.2 Å². The normalized spacial score (nSPS) is 16.8. The van der Waals surface area contributed by atoms with Gasteiger partial charge in [-0.15, -0.1) is 0 Å². The van der Waals surface area contributed by atoms with Gasteiger partial charge in [-0.05, 0) is 43.5 Å². The van der Waals surface area contributed by atoms with E-state index in [9.17, 15) is 20.1 Å². The molecule has 146 valence electrons. The molecule has 1 saturated carbocycles. The van der Waals surface area contributed by atoms with Crippen molar-refractivity contribution in [3.63, 3.8) is 0 Å². The molecule has 0 aromatic heterocycles. The van der Waals surface area contributed by atoms with Crippen LogP contribution in [0, 0.1) is 22.7 Å². The van der Waals surface area contributed by atoms with Gasteiger partial charge in [0.1, 0.15) is 22.9 Å².